The first-order valence-electron chi connectivity index (χ1n) is 8.61. The average Bonchev–Trinajstić information content (AvgIpc) is 2.66. The maximum Gasteiger partial charge on any atom is 0.0767 e. The molecule has 2 aromatic carbocycles. The van der Waals surface area contributed by atoms with Crippen LogP contribution in [0, 0.1) is 24.7 Å². The fourth-order valence-corrected chi connectivity index (χ4v) is 3.30. The van der Waals surface area contributed by atoms with Gasteiger partial charge in [-0.25, -0.2) is 0 Å². The minimum atomic E-state index is -0.644. The van der Waals surface area contributed by atoms with Crippen LogP contribution < -0.4 is 10.6 Å². The smallest absolute Gasteiger partial charge is 0.0767 e. The molecule has 26 heavy (non-hydrogen) atoms. The number of aliphatic hydroxyl groups excluding tert-OH is 2. The topological polar surface area (TPSA) is 64.5 Å². The molecule has 0 unspecified atom stereocenters. The molecule has 4 heteroatoms. The van der Waals surface area contributed by atoms with E-state index in [1.807, 2.05) is 48.5 Å². The number of hydrogen-bond acceptors (Lipinski definition) is 4. The van der Waals surface area contributed by atoms with Crippen LogP contribution in [0.4, 0.5) is 11.4 Å². The first-order valence-corrected chi connectivity index (χ1v) is 8.61. The highest BCUT2D eigenvalue weighted by Crippen LogP contribution is 2.26. The quantitative estimate of drug-likeness (QED) is 0.642. The minimum absolute atomic E-state index is 0.195. The van der Waals surface area contributed by atoms with Crippen LogP contribution in [0.1, 0.15) is 24.0 Å². The van der Waals surface area contributed by atoms with Crippen LogP contribution in [0.5, 0.6) is 0 Å². The third kappa shape index (κ3) is 4.18. The normalized spacial score (nSPS) is 24.9. The van der Waals surface area contributed by atoms with Crippen LogP contribution in [0.2, 0.25) is 0 Å². The summed E-state index contributed by atoms with van der Waals surface area (Å²) in [5.41, 5.74) is 3.27. The van der Waals surface area contributed by atoms with E-state index < -0.39 is 12.2 Å². The Bertz CT molecular complexity index is 780. The molecule has 1 saturated carbocycles. The second kappa shape index (κ2) is 7.97. The van der Waals surface area contributed by atoms with E-state index in [1.54, 1.807) is 0 Å². The van der Waals surface area contributed by atoms with Crippen molar-refractivity contribution < 1.29 is 10.2 Å². The maximum absolute atomic E-state index is 10.4. The fourth-order valence-electron chi connectivity index (χ4n) is 3.30. The van der Waals surface area contributed by atoms with E-state index in [-0.39, 0.29) is 12.1 Å². The molecule has 0 aromatic heterocycles. The summed E-state index contributed by atoms with van der Waals surface area (Å²) in [5, 5.41) is 27.4. The first kappa shape index (κ1) is 17.9. The predicted octanol–water partition coefficient (Wildman–Crippen LogP) is 2.43. The van der Waals surface area contributed by atoms with Crippen molar-refractivity contribution in [1.29, 1.82) is 0 Å². The highest BCUT2D eigenvalue weighted by molar-refractivity contribution is 5.52. The standard InChI is InChI=1S/C22H22N2O2/c1-3-15-7-5-9-17(11-15)23-19-13-20(22(26)14-21(19)25)24-18-10-6-8-16(4-2)12-18/h1-2,5-12,19-26H,13-14H2/t19-,20-,21-,22-/m0/s1. The fraction of sp³-hybridized carbons (Fsp3) is 0.273. The lowest BCUT2D eigenvalue weighted by molar-refractivity contribution is 0.0242. The number of anilines is 2. The predicted molar refractivity (Wildman–Crippen MR) is 105 cm³/mol. The zero-order chi connectivity index (χ0) is 18.5. The summed E-state index contributed by atoms with van der Waals surface area (Å²) >= 11 is 0. The van der Waals surface area contributed by atoms with E-state index in [0.717, 1.165) is 22.5 Å². The van der Waals surface area contributed by atoms with Gasteiger partial charge in [0.15, 0.2) is 0 Å². The highest BCUT2D eigenvalue weighted by atomic mass is 16.3. The summed E-state index contributed by atoms with van der Waals surface area (Å²) in [7, 11) is 0. The number of rotatable bonds is 4. The SMILES string of the molecule is C#Cc1cccc(N[C@H]2C[C@H](Nc3cccc(C#C)c3)[C@@H](O)C[C@@H]2O)c1. The Labute approximate surface area is 154 Å². The summed E-state index contributed by atoms with van der Waals surface area (Å²) in [4.78, 5) is 0. The van der Waals surface area contributed by atoms with Crippen LogP contribution in [0.25, 0.3) is 0 Å². The molecular weight excluding hydrogens is 324 g/mol. The van der Waals surface area contributed by atoms with Crippen molar-refractivity contribution in [3.63, 3.8) is 0 Å². The van der Waals surface area contributed by atoms with Crippen molar-refractivity contribution in [2.45, 2.75) is 37.1 Å². The second-order valence-corrected chi connectivity index (χ2v) is 6.56. The monoisotopic (exact) mass is 346 g/mol. The molecule has 1 aliphatic carbocycles. The van der Waals surface area contributed by atoms with Crippen molar-refractivity contribution >= 4 is 11.4 Å². The van der Waals surface area contributed by atoms with E-state index >= 15 is 0 Å². The largest absolute Gasteiger partial charge is 0.391 e. The van der Waals surface area contributed by atoms with Crippen LogP contribution in [-0.4, -0.2) is 34.5 Å². The molecule has 4 atom stereocenters. The number of benzene rings is 2. The molecule has 2 aromatic rings. The van der Waals surface area contributed by atoms with Crippen LogP contribution in [-0.2, 0) is 0 Å². The second-order valence-electron chi connectivity index (χ2n) is 6.56. The van der Waals surface area contributed by atoms with Gasteiger partial charge in [-0.05, 0) is 42.8 Å². The molecule has 1 aliphatic rings. The van der Waals surface area contributed by atoms with E-state index in [0.29, 0.717) is 12.8 Å². The third-order valence-corrected chi connectivity index (χ3v) is 4.68. The zero-order valence-corrected chi connectivity index (χ0v) is 14.4. The van der Waals surface area contributed by atoms with Gasteiger partial charge in [-0.3, -0.25) is 0 Å². The molecule has 0 saturated heterocycles. The summed E-state index contributed by atoms with van der Waals surface area (Å²) < 4.78 is 0. The van der Waals surface area contributed by atoms with E-state index in [1.165, 1.54) is 0 Å². The Morgan fingerprint density at radius 3 is 1.65 bits per heavy atom. The molecule has 4 nitrogen and oxygen atoms in total. The molecule has 3 rings (SSSR count). The Morgan fingerprint density at radius 2 is 1.23 bits per heavy atom. The van der Waals surface area contributed by atoms with E-state index in [2.05, 4.69) is 22.5 Å². The summed E-state index contributed by atoms with van der Waals surface area (Å²) in [6.07, 6.45) is 10.5. The number of hydrogen-bond donors (Lipinski definition) is 4. The molecule has 0 aliphatic heterocycles. The van der Waals surface area contributed by atoms with Gasteiger partial charge >= 0.3 is 0 Å². The van der Waals surface area contributed by atoms with E-state index in [9.17, 15) is 10.2 Å². The molecule has 0 spiro atoms. The Kier molecular flexibility index (Phi) is 5.49. The van der Waals surface area contributed by atoms with Gasteiger partial charge in [0, 0.05) is 28.9 Å². The van der Waals surface area contributed by atoms with Gasteiger partial charge in [-0.15, -0.1) is 12.8 Å². The lowest BCUT2D eigenvalue weighted by Gasteiger charge is -2.38. The van der Waals surface area contributed by atoms with Gasteiger partial charge in [0.1, 0.15) is 0 Å². The summed E-state index contributed by atoms with van der Waals surface area (Å²) in [6, 6.07) is 14.6. The molecular formula is C22H22N2O2. The number of nitrogens with one attached hydrogen (secondary N) is 2. The van der Waals surface area contributed by atoms with Crippen molar-refractivity contribution in [3.05, 3.63) is 59.7 Å². The van der Waals surface area contributed by atoms with Gasteiger partial charge in [0.05, 0.1) is 24.3 Å². The third-order valence-electron chi connectivity index (χ3n) is 4.68. The highest BCUT2D eigenvalue weighted by Gasteiger charge is 2.35. The van der Waals surface area contributed by atoms with Crippen LogP contribution in [0.3, 0.4) is 0 Å². The van der Waals surface area contributed by atoms with Crippen molar-refractivity contribution in [3.8, 4) is 24.7 Å². The van der Waals surface area contributed by atoms with E-state index in [4.69, 9.17) is 12.8 Å². The van der Waals surface area contributed by atoms with Crippen LogP contribution in [0.15, 0.2) is 48.5 Å². The van der Waals surface area contributed by atoms with Gasteiger partial charge in [0.2, 0.25) is 0 Å². The summed E-state index contributed by atoms with van der Waals surface area (Å²) in [5.74, 6) is 5.21. The molecule has 0 bridgehead atoms. The molecule has 0 radical (unpaired) electrons. The Morgan fingerprint density at radius 1 is 0.769 bits per heavy atom. The van der Waals surface area contributed by atoms with Gasteiger partial charge < -0.3 is 20.8 Å². The van der Waals surface area contributed by atoms with Gasteiger partial charge in [0.25, 0.3) is 0 Å². The van der Waals surface area contributed by atoms with Crippen molar-refractivity contribution in [1.82, 2.24) is 0 Å². The number of aliphatic hydroxyl groups is 2. The lowest BCUT2D eigenvalue weighted by Crippen LogP contribution is -2.51. The molecule has 1 fully saturated rings. The first-order chi connectivity index (χ1) is 12.6. The molecule has 132 valence electrons. The Balaban J connectivity index is 1.72. The molecule has 0 amide bonds. The number of terminal acetylenes is 2. The van der Waals surface area contributed by atoms with Crippen molar-refractivity contribution in [2.24, 2.45) is 0 Å². The Hall–Kier alpha value is -2.92. The van der Waals surface area contributed by atoms with Gasteiger partial charge in [-0.2, -0.15) is 0 Å². The minimum Gasteiger partial charge on any atom is -0.391 e. The average molecular weight is 346 g/mol. The maximum atomic E-state index is 10.4. The molecule has 0 heterocycles. The van der Waals surface area contributed by atoms with Crippen LogP contribution >= 0.6 is 0 Å². The molecule has 4 N–H and O–H groups in total. The lowest BCUT2D eigenvalue weighted by atomic mass is 9.85. The summed E-state index contributed by atoms with van der Waals surface area (Å²) in [6.45, 7) is 0. The van der Waals surface area contributed by atoms with Crippen molar-refractivity contribution in [2.75, 3.05) is 10.6 Å². The van der Waals surface area contributed by atoms with Gasteiger partial charge in [-0.1, -0.05) is 24.0 Å². The zero-order valence-electron chi connectivity index (χ0n) is 14.4.